The summed E-state index contributed by atoms with van der Waals surface area (Å²) in [6, 6.07) is 19.1. The van der Waals surface area contributed by atoms with Crippen molar-refractivity contribution in [2.45, 2.75) is 30.2 Å². The summed E-state index contributed by atoms with van der Waals surface area (Å²) < 4.78 is 29.0. The van der Waals surface area contributed by atoms with Crippen LogP contribution in [0, 0.1) is 6.92 Å². The number of fused-ring (bicyclic) bond motifs is 1. The first kappa shape index (κ1) is 16.1. The zero-order valence-electron chi connectivity index (χ0n) is 14.0. The molecule has 4 nitrogen and oxygen atoms in total. The maximum absolute atomic E-state index is 13.0. The Morgan fingerprint density at radius 1 is 1.00 bits per heavy atom. The first-order valence-electron chi connectivity index (χ1n) is 8.30. The number of sulfonamides is 1. The van der Waals surface area contributed by atoms with E-state index in [9.17, 15) is 8.42 Å². The highest BCUT2D eigenvalue weighted by molar-refractivity contribution is 7.89. The van der Waals surface area contributed by atoms with Crippen LogP contribution in [0.25, 0.3) is 10.8 Å². The summed E-state index contributed by atoms with van der Waals surface area (Å²) in [7, 11) is -3.66. The van der Waals surface area contributed by atoms with Gasteiger partial charge in [0.05, 0.1) is 10.4 Å². The molecule has 0 saturated heterocycles. The van der Waals surface area contributed by atoms with Gasteiger partial charge in [0.25, 0.3) is 0 Å². The van der Waals surface area contributed by atoms with Crippen LogP contribution in [0.5, 0.6) is 0 Å². The van der Waals surface area contributed by atoms with Crippen LogP contribution < -0.4 is 10.5 Å². The minimum absolute atomic E-state index is 0.249. The van der Waals surface area contributed by atoms with E-state index in [1.807, 2.05) is 42.5 Å². The number of hydrogen-bond acceptors (Lipinski definition) is 3. The topological polar surface area (TPSA) is 72.2 Å². The minimum Gasteiger partial charge on any atom is -0.399 e. The van der Waals surface area contributed by atoms with Crippen LogP contribution in [0.4, 0.5) is 5.69 Å². The largest absolute Gasteiger partial charge is 0.399 e. The molecule has 1 aliphatic carbocycles. The number of nitrogens with two attached hydrogens (primary N) is 1. The molecule has 0 aromatic heterocycles. The van der Waals surface area contributed by atoms with E-state index in [4.69, 9.17) is 5.73 Å². The normalized spacial score (nSPS) is 16.0. The summed E-state index contributed by atoms with van der Waals surface area (Å²) in [4.78, 5) is 0.249. The Morgan fingerprint density at radius 3 is 2.48 bits per heavy atom. The number of rotatable bonds is 4. The molecule has 1 saturated carbocycles. The summed E-state index contributed by atoms with van der Waals surface area (Å²) in [6.07, 6.45) is 1.59. The van der Waals surface area contributed by atoms with Gasteiger partial charge in [-0.25, -0.2) is 13.1 Å². The monoisotopic (exact) mass is 352 g/mol. The summed E-state index contributed by atoms with van der Waals surface area (Å²) in [6.45, 7) is 1.78. The number of aryl methyl sites for hydroxylation is 1. The lowest BCUT2D eigenvalue weighted by molar-refractivity contribution is 0.552. The summed E-state index contributed by atoms with van der Waals surface area (Å²) in [5.74, 6) is 0. The molecule has 3 N–H and O–H groups in total. The fraction of sp³-hybridized carbons (Fsp3) is 0.200. The van der Waals surface area contributed by atoms with Gasteiger partial charge in [-0.3, -0.25) is 0 Å². The Balaban J connectivity index is 1.78. The minimum atomic E-state index is -3.66. The average molecular weight is 352 g/mol. The summed E-state index contributed by atoms with van der Waals surface area (Å²) in [5, 5.41) is 2.21. The smallest absolute Gasteiger partial charge is 0.241 e. The standard InChI is InChI=1S/C20H20N2O2S/c1-14-9-10-16(21)13-19(14)25(23,24)22-20(11-12-20)18-8-4-6-15-5-2-3-7-17(15)18/h2-10,13,22H,11-12,21H2,1H3. The van der Waals surface area contributed by atoms with Crippen molar-refractivity contribution in [2.24, 2.45) is 0 Å². The Kier molecular flexibility index (Phi) is 3.60. The third-order valence-electron chi connectivity index (χ3n) is 4.89. The highest BCUT2D eigenvalue weighted by Crippen LogP contribution is 2.49. The van der Waals surface area contributed by atoms with Crippen molar-refractivity contribution in [1.82, 2.24) is 4.72 Å². The van der Waals surface area contributed by atoms with E-state index in [1.54, 1.807) is 19.1 Å². The molecule has 1 aliphatic rings. The van der Waals surface area contributed by atoms with Crippen molar-refractivity contribution in [3.05, 3.63) is 71.8 Å². The Hall–Kier alpha value is -2.37. The molecule has 4 rings (SSSR count). The quantitative estimate of drug-likeness (QED) is 0.703. The van der Waals surface area contributed by atoms with Crippen molar-refractivity contribution in [2.75, 3.05) is 5.73 Å². The molecular formula is C20H20N2O2S. The molecule has 0 radical (unpaired) electrons. The van der Waals surface area contributed by atoms with Gasteiger partial charge in [-0.2, -0.15) is 0 Å². The highest BCUT2D eigenvalue weighted by atomic mass is 32.2. The molecule has 0 bridgehead atoms. The van der Waals surface area contributed by atoms with Gasteiger partial charge in [0, 0.05) is 5.69 Å². The molecule has 5 heteroatoms. The SMILES string of the molecule is Cc1ccc(N)cc1S(=O)(=O)NC1(c2cccc3ccccc23)CC1. The molecule has 0 spiro atoms. The molecule has 0 amide bonds. The van der Waals surface area contributed by atoms with Gasteiger partial charge in [0.2, 0.25) is 10.0 Å². The molecule has 25 heavy (non-hydrogen) atoms. The van der Waals surface area contributed by atoms with Crippen LogP contribution in [-0.4, -0.2) is 8.42 Å². The van der Waals surface area contributed by atoms with Gasteiger partial charge in [-0.1, -0.05) is 48.5 Å². The van der Waals surface area contributed by atoms with E-state index in [0.29, 0.717) is 11.3 Å². The maximum Gasteiger partial charge on any atom is 0.241 e. The zero-order valence-corrected chi connectivity index (χ0v) is 14.8. The lowest BCUT2D eigenvalue weighted by Crippen LogP contribution is -2.35. The fourth-order valence-corrected chi connectivity index (χ4v) is 5.13. The van der Waals surface area contributed by atoms with E-state index < -0.39 is 15.6 Å². The lowest BCUT2D eigenvalue weighted by Gasteiger charge is -2.21. The van der Waals surface area contributed by atoms with E-state index in [0.717, 1.165) is 29.2 Å². The van der Waals surface area contributed by atoms with Crippen LogP contribution >= 0.6 is 0 Å². The average Bonchev–Trinajstić information content (AvgIpc) is 3.36. The highest BCUT2D eigenvalue weighted by Gasteiger charge is 2.48. The molecule has 128 valence electrons. The third-order valence-corrected chi connectivity index (χ3v) is 6.56. The molecule has 3 aromatic rings. The molecule has 0 aliphatic heterocycles. The zero-order chi connectivity index (χ0) is 17.7. The Morgan fingerprint density at radius 2 is 1.72 bits per heavy atom. The Bertz CT molecular complexity index is 1060. The van der Waals surface area contributed by atoms with E-state index in [1.165, 1.54) is 6.07 Å². The molecule has 0 heterocycles. The molecule has 0 unspecified atom stereocenters. The van der Waals surface area contributed by atoms with Crippen molar-refractivity contribution >= 4 is 26.5 Å². The summed E-state index contributed by atoms with van der Waals surface area (Å²) in [5.41, 5.74) is 7.44. The van der Waals surface area contributed by atoms with Gasteiger partial charge in [0.1, 0.15) is 0 Å². The lowest BCUT2D eigenvalue weighted by atomic mass is 9.98. The first-order valence-corrected chi connectivity index (χ1v) is 9.78. The van der Waals surface area contributed by atoms with Crippen molar-refractivity contribution in [1.29, 1.82) is 0 Å². The van der Waals surface area contributed by atoms with E-state index in [-0.39, 0.29) is 4.90 Å². The van der Waals surface area contributed by atoms with Gasteiger partial charge in [-0.15, -0.1) is 0 Å². The van der Waals surface area contributed by atoms with E-state index in [2.05, 4.69) is 4.72 Å². The second-order valence-electron chi connectivity index (χ2n) is 6.74. The second kappa shape index (κ2) is 5.58. The maximum atomic E-state index is 13.0. The van der Waals surface area contributed by atoms with Crippen molar-refractivity contribution in [3.63, 3.8) is 0 Å². The predicted molar refractivity (Wildman–Crippen MR) is 101 cm³/mol. The van der Waals surface area contributed by atoms with Crippen molar-refractivity contribution < 1.29 is 8.42 Å². The fourth-order valence-electron chi connectivity index (χ4n) is 3.41. The van der Waals surface area contributed by atoms with Gasteiger partial charge in [-0.05, 0) is 53.8 Å². The Labute approximate surface area is 147 Å². The second-order valence-corrected chi connectivity index (χ2v) is 8.39. The number of anilines is 1. The van der Waals surface area contributed by atoms with Crippen LogP contribution in [0.3, 0.4) is 0 Å². The van der Waals surface area contributed by atoms with Crippen LogP contribution in [0.15, 0.2) is 65.6 Å². The summed E-state index contributed by atoms with van der Waals surface area (Å²) >= 11 is 0. The number of hydrogen-bond donors (Lipinski definition) is 2. The van der Waals surface area contributed by atoms with Crippen LogP contribution in [0.1, 0.15) is 24.0 Å². The van der Waals surface area contributed by atoms with Crippen LogP contribution in [0.2, 0.25) is 0 Å². The van der Waals surface area contributed by atoms with Crippen molar-refractivity contribution in [3.8, 4) is 0 Å². The van der Waals surface area contributed by atoms with Gasteiger partial charge in [0.15, 0.2) is 0 Å². The number of nitrogens with one attached hydrogen (secondary N) is 1. The third kappa shape index (κ3) is 2.79. The first-order chi connectivity index (χ1) is 11.9. The molecule has 1 fully saturated rings. The van der Waals surface area contributed by atoms with Gasteiger partial charge < -0.3 is 5.73 Å². The molecule has 3 aromatic carbocycles. The molecular weight excluding hydrogens is 332 g/mol. The molecule has 0 atom stereocenters. The van der Waals surface area contributed by atoms with Crippen LogP contribution in [-0.2, 0) is 15.6 Å². The van der Waals surface area contributed by atoms with E-state index >= 15 is 0 Å². The predicted octanol–water partition coefficient (Wildman–Crippen LogP) is 3.70. The number of nitrogen functional groups attached to an aromatic ring is 1. The van der Waals surface area contributed by atoms with Gasteiger partial charge >= 0.3 is 0 Å². The number of benzene rings is 3.